The number of benzene rings is 10. The van der Waals surface area contributed by atoms with Crippen molar-refractivity contribution >= 4 is 43.6 Å². The molecule has 10 aromatic carbocycles. The molecule has 4 heterocycles. The van der Waals surface area contributed by atoms with Crippen molar-refractivity contribution in [1.82, 2.24) is 39.0 Å². The number of para-hydroxylation sites is 2. The van der Waals surface area contributed by atoms with Gasteiger partial charge in [-0.05, 0) is 83.9 Å². The van der Waals surface area contributed by atoms with Crippen LogP contribution in [-0.2, 0) is 0 Å². The van der Waals surface area contributed by atoms with Gasteiger partial charge in [-0.3, -0.25) is 0 Å². The molecule has 346 valence electrons. The molecule has 0 N–H and O–H groups in total. The fraction of sp³-hybridized carbons (Fsp3) is 0. The molecule has 0 atom stereocenters. The van der Waals surface area contributed by atoms with Gasteiger partial charge in [-0.1, -0.05) is 182 Å². The topological polar surface area (TPSA) is 87.2 Å². The number of hydrogen-bond donors (Lipinski definition) is 0. The first kappa shape index (κ1) is 42.7. The second-order valence-electron chi connectivity index (χ2n) is 18.3. The monoisotopic (exact) mass is 946 g/mol. The second kappa shape index (κ2) is 17.9. The van der Waals surface area contributed by atoms with Crippen LogP contribution in [0.25, 0.3) is 134 Å². The van der Waals surface area contributed by atoms with Gasteiger partial charge in [0.25, 0.3) is 0 Å². The molecule has 14 rings (SSSR count). The summed E-state index contributed by atoms with van der Waals surface area (Å²) in [5.41, 5.74) is 14.4. The van der Waals surface area contributed by atoms with Crippen molar-refractivity contribution in [1.29, 1.82) is 0 Å². The molecular weight excluding hydrogens is 905 g/mol. The fourth-order valence-electron chi connectivity index (χ4n) is 10.3. The van der Waals surface area contributed by atoms with Crippen LogP contribution in [0.1, 0.15) is 0 Å². The lowest BCUT2D eigenvalue weighted by Crippen LogP contribution is -2.01. The largest absolute Gasteiger partial charge is 0.309 e. The number of fused-ring (bicyclic) bond motifs is 6. The molecule has 4 aromatic heterocycles. The molecule has 0 aliphatic rings. The standard InChI is InChI=1S/C66H42N8/c1-5-18-43(19-6-1)61-67-62(44-20-7-2-8-21-44)70-65(69-61)47-32-36-51(37-33-47)73-57-30-15-13-28-53(57)55-41-48(34-38-59(55)73)49-35-39-60-56(42-49)54-29-14-16-31-58(54)74(60)52-27-17-26-50(40-52)66-71-63(45-22-9-3-10-23-45)68-64(72-66)46-24-11-4-12-25-46/h1-42H. The first-order valence-electron chi connectivity index (χ1n) is 24.7. The molecule has 0 aliphatic heterocycles. The normalized spacial score (nSPS) is 11.5. The molecule has 0 saturated carbocycles. The van der Waals surface area contributed by atoms with E-state index in [1.165, 1.54) is 21.5 Å². The van der Waals surface area contributed by atoms with Gasteiger partial charge in [0.2, 0.25) is 0 Å². The average Bonchev–Trinajstić information content (AvgIpc) is 4.00. The summed E-state index contributed by atoms with van der Waals surface area (Å²) < 4.78 is 4.70. The van der Waals surface area contributed by atoms with E-state index < -0.39 is 0 Å². The molecule has 0 bridgehead atoms. The molecule has 0 unspecified atom stereocenters. The molecule has 0 aliphatic carbocycles. The van der Waals surface area contributed by atoms with Crippen LogP contribution >= 0.6 is 0 Å². The Morgan fingerprint density at radius 2 is 0.500 bits per heavy atom. The maximum atomic E-state index is 5.05. The zero-order valence-corrected chi connectivity index (χ0v) is 39.8. The summed E-state index contributed by atoms with van der Waals surface area (Å²) in [5, 5.41) is 4.73. The molecule has 0 spiro atoms. The highest BCUT2D eigenvalue weighted by Gasteiger charge is 2.19. The third-order valence-corrected chi connectivity index (χ3v) is 13.8. The van der Waals surface area contributed by atoms with Crippen molar-refractivity contribution in [2.75, 3.05) is 0 Å². The Morgan fingerprint density at radius 3 is 0.919 bits per heavy atom. The van der Waals surface area contributed by atoms with Gasteiger partial charge in [0.05, 0.1) is 22.1 Å². The van der Waals surface area contributed by atoms with Crippen LogP contribution in [0.3, 0.4) is 0 Å². The highest BCUT2D eigenvalue weighted by molar-refractivity contribution is 6.12. The predicted octanol–water partition coefficient (Wildman–Crippen LogP) is 15.9. The van der Waals surface area contributed by atoms with Gasteiger partial charge < -0.3 is 9.13 Å². The van der Waals surface area contributed by atoms with Gasteiger partial charge in [0.1, 0.15) is 0 Å². The van der Waals surface area contributed by atoms with Gasteiger partial charge in [0, 0.05) is 66.3 Å². The Morgan fingerprint density at radius 1 is 0.189 bits per heavy atom. The zero-order chi connectivity index (χ0) is 49.0. The zero-order valence-electron chi connectivity index (χ0n) is 39.8. The number of hydrogen-bond acceptors (Lipinski definition) is 6. The summed E-state index contributed by atoms with van der Waals surface area (Å²) in [6, 6.07) is 88.5. The first-order chi connectivity index (χ1) is 36.7. The highest BCUT2D eigenvalue weighted by Crippen LogP contribution is 2.39. The van der Waals surface area contributed by atoms with Crippen LogP contribution in [0, 0.1) is 0 Å². The molecule has 0 saturated heterocycles. The van der Waals surface area contributed by atoms with E-state index in [2.05, 4.69) is 143 Å². The predicted molar refractivity (Wildman–Crippen MR) is 300 cm³/mol. The molecular formula is C66H42N8. The van der Waals surface area contributed by atoms with E-state index in [0.717, 1.165) is 77.9 Å². The minimum atomic E-state index is 0.617. The second-order valence-corrected chi connectivity index (χ2v) is 18.3. The minimum absolute atomic E-state index is 0.617. The van der Waals surface area contributed by atoms with Crippen molar-refractivity contribution < 1.29 is 0 Å². The third kappa shape index (κ3) is 7.57. The van der Waals surface area contributed by atoms with Crippen LogP contribution in [0.4, 0.5) is 0 Å². The Labute approximate surface area is 426 Å². The SMILES string of the molecule is c1ccc(-c2nc(-c3ccccc3)nc(-c3ccc(-n4c5ccccc5c5cc(-c6ccc7c(c6)c6ccccc6n7-c6cccc(-c7nc(-c8ccccc8)nc(-c8ccccc8)n7)c6)ccc54)cc3)n2)cc1. The Balaban J connectivity index is 0.835. The van der Waals surface area contributed by atoms with E-state index >= 15 is 0 Å². The molecule has 0 radical (unpaired) electrons. The lowest BCUT2D eigenvalue weighted by molar-refractivity contribution is 1.07. The van der Waals surface area contributed by atoms with Crippen molar-refractivity contribution in [2.24, 2.45) is 0 Å². The lowest BCUT2D eigenvalue weighted by Gasteiger charge is -2.12. The minimum Gasteiger partial charge on any atom is -0.309 e. The van der Waals surface area contributed by atoms with E-state index in [1.807, 2.05) is 121 Å². The number of nitrogens with zero attached hydrogens (tertiary/aromatic N) is 8. The smallest absolute Gasteiger partial charge is 0.164 e. The van der Waals surface area contributed by atoms with Crippen LogP contribution in [0.2, 0.25) is 0 Å². The van der Waals surface area contributed by atoms with Crippen molar-refractivity contribution in [2.45, 2.75) is 0 Å². The molecule has 14 aromatic rings. The van der Waals surface area contributed by atoms with Gasteiger partial charge >= 0.3 is 0 Å². The van der Waals surface area contributed by atoms with Gasteiger partial charge in [0.15, 0.2) is 34.9 Å². The maximum Gasteiger partial charge on any atom is 0.164 e. The molecule has 74 heavy (non-hydrogen) atoms. The van der Waals surface area contributed by atoms with Gasteiger partial charge in [-0.25, -0.2) is 29.9 Å². The van der Waals surface area contributed by atoms with Crippen molar-refractivity contribution in [3.63, 3.8) is 0 Å². The number of rotatable bonds is 9. The lowest BCUT2D eigenvalue weighted by atomic mass is 10.0. The summed E-state index contributed by atoms with van der Waals surface area (Å²) in [6.45, 7) is 0. The van der Waals surface area contributed by atoms with Gasteiger partial charge in [-0.2, -0.15) is 0 Å². The number of aromatic nitrogens is 8. The first-order valence-corrected chi connectivity index (χ1v) is 24.7. The Bertz CT molecular complexity index is 4280. The fourth-order valence-corrected chi connectivity index (χ4v) is 10.3. The van der Waals surface area contributed by atoms with Crippen LogP contribution in [0.15, 0.2) is 255 Å². The van der Waals surface area contributed by atoms with E-state index in [9.17, 15) is 0 Å². The van der Waals surface area contributed by atoms with E-state index in [-0.39, 0.29) is 0 Å². The van der Waals surface area contributed by atoms with Crippen LogP contribution < -0.4 is 0 Å². The maximum absolute atomic E-state index is 5.05. The van der Waals surface area contributed by atoms with Crippen LogP contribution in [0.5, 0.6) is 0 Å². The van der Waals surface area contributed by atoms with E-state index in [0.29, 0.717) is 34.9 Å². The quantitative estimate of drug-likeness (QED) is 0.143. The molecule has 8 heteroatoms. The molecule has 0 fully saturated rings. The Hall–Kier alpha value is -10.2. The molecule has 8 nitrogen and oxygen atoms in total. The molecule has 0 amide bonds. The van der Waals surface area contributed by atoms with Crippen LogP contribution in [-0.4, -0.2) is 39.0 Å². The summed E-state index contributed by atoms with van der Waals surface area (Å²) in [5.74, 6) is 3.79. The van der Waals surface area contributed by atoms with Crippen molar-refractivity contribution in [3.8, 4) is 90.8 Å². The average molecular weight is 947 g/mol. The summed E-state index contributed by atoms with van der Waals surface area (Å²) in [7, 11) is 0. The summed E-state index contributed by atoms with van der Waals surface area (Å²) in [4.78, 5) is 29.9. The van der Waals surface area contributed by atoms with Gasteiger partial charge in [-0.15, -0.1) is 0 Å². The highest BCUT2D eigenvalue weighted by atomic mass is 15.0. The summed E-state index contributed by atoms with van der Waals surface area (Å²) >= 11 is 0. The van der Waals surface area contributed by atoms with E-state index in [4.69, 9.17) is 29.9 Å². The van der Waals surface area contributed by atoms with Crippen molar-refractivity contribution in [3.05, 3.63) is 255 Å². The third-order valence-electron chi connectivity index (χ3n) is 13.8. The van der Waals surface area contributed by atoms with E-state index in [1.54, 1.807) is 0 Å². The summed E-state index contributed by atoms with van der Waals surface area (Å²) in [6.07, 6.45) is 0. The Kier molecular flexibility index (Phi) is 10.3.